The lowest BCUT2D eigenvalue weighted by molar-refractivity contribution is 0.799. The molecule has 49 valence electrons. The Labute approximate surface area is 57.1 Å². The minimum absolute atomic E-state index is 0.376. The van der Waals surface area contributed by atoms with Crippen LogP contribution in [0, 0.1) is 6.92 Å². The summed E-state index contributed by atoms with van der Waals surface area (Å²) in [7, 11) is 0. The zero-order valence-corrected chi connectivity index (χ0v) is 7.01. The highest BCUT2D eigenvalue weighted by atomic mass is 32.2. The van der Waals surface area contributed by atoms with Crippen molar-refractivity contribution in [3.63, 3.8) is 0 Å². The fourth-order valence-electron chi connectivity index (χ4n) is 0.604. The maximum absolute atomic E-state index is 3.89. The average Bonchev–Trinajstić information content (AvgIpc) is 1.21. The van der Waals surface area contributed by atoms with E-state index in [2.05, 4.69) is 34.6 Å². The van der Waals surface area contributed by atoms with Gasteiger partial charge in [-0.2, -0.15) is 11.8 Å². The Balaban J connectivity index is 3.39. The molecule has 0 saturated heterocycles. The van der Waals surface area contributed by atoms with Gasteiger partial charge in [0.2, 0.25) is 0 Å². The van der Waals surface area contributed by atoms with Crippen LogP contribution >= 0.6 is 11.8 Å². The lowest BCUT2D eigenvalue weighted by Gasteiger charge is -2.19. The van der Waals surface area contributed by atoms with Gasteiger partial charge < -0.3 is 0 Å². The summed E-state index contributed by atoms with van der Waals surface area (Å²) in [5, 5.41) is 0.509. The van der Waals surface area contributed by atoms with E-state index in [0.717, 1.165) is 0 Å². The van der Waals surface area contributed by atoms with Crippen LogP contribution in [0.2, 0.25) is 0 Å². The number of thioether (sulfide) groups is 1. The fourth-order valence-corrected chi connectivity index (χ4v) is 1.81. The van der Waals surface area contributed by atoms with E-state index in [1.165, 1.54) is 0 Å². The summed E-state index contributed by atoms with van der Waals surface area (Å²) < 4.78 is 0.376. The molecule has 0 aromatic carbocycles. The minimum atomic E-state index is 0.376. The van der Waals surface area contributed by atoms with E-state index in [1.54, 1.807) is 0 Å². The molecular weight excluding hydrogens is 116 g/mol. The third kappa shape index (κ3) is 6.35. The van der Waals surface area contributed by atoms with Gasteiger partial charge in [-0.25, -0.2) is 0 Å². The molecule has 0 heterocycles. The highest BCUT2D eigenvalue weighted by molar-refractivity contribution is 8.01. The van der Waals surface area contributed by atoms with Crippen LogP contribution in [0.1, 0.15) is 27.7 Å². The standard InChI is InChI=1S/C7H15S/c1-6(2)8-7(3,4)5/h6H,1H2,2-5H3. The van der Waals surface area contributed by atoms with Crippen LogP contribution in [0.4, 0.5) is 0 Å². The maximum Gasteiger partial charge on any atom is 0.00777 e. The Morgan fingerprint density at radius 3 is 1.75 bits per heavy atom. The van der Waals surface area contributed by atoms with Gasteiger partial charge >= 0.3 is 0 Å². The normalized spacial score (nSPS) is 12.8. The summed E-state index contributed by atoms with van der Waals surface area (Å²) in [6.07, 6.45) is 0. The first-order valence-electron chi connectivity index (χ1n) is 2.93. The molecule has 0 aromatic heterocycles. The van der Waals surface area contributed by atoms with Crippen LogP contribution in [0.5, 0.6) is 0 Å². The molecule has 0 bridgehead atoms. The second-order valence-corrected chi connectivity index (χ2v) is 5.31. The van der Waals surface area contributed by atoms with Crippen LogP contribution in [0.3, 0.4) is 0 Å². The van der Waals surface area contributed by atoms with Crippen LogP contribution in [-0.2, 0) is 0 Å². The van der Waals surface area contributed by atoms with Crippen LogP contribution < -0.4 is 0 Å². The molecule has 0 fully saturated rings. The zero-order chi connectivity index (χ0) is 6.78. The molecule has 0 rings (SSSR count). The number of hydrogen-bond acceptors (Lipinski definition) is 1. The summed E-state index contributed by atoms with van der Waals surface area (Å²) in [5.41, 5.74) is 0. The monoisotopic (exact) mass is 131 g/mol. The molecule has 0 nitrogen and oxygen atoms in total. The van der Waals surface area contributed by atoms with Crippen molar-refractivity contribution in [2.24, 2.45) is 0 Å². The highest BCUT2D eigenvalue weighted by Crippen LogP contribution is 2.26. The molecular formula is C7H15S. The fraction of sp³-hybridized carbons (Fsp3) is 0.857. The van der Waals surface area contributed by atoms with Gasteiger partial charge in [0.25, 0.3) is 0 Å². The lowest BCUT2D eigenvalue weighted by atomic mass is 10.3. The van der Waals surface area contributed by atoms with Gasteiger partial charge in [-0.3, -0.25) is 0 Å². The van der Waals surface area contributed by atoms with Crippen molar-refractivity contribution < 1.29 is 0 Å². The SMILES string of the molecule is [CH2]C(C)SC(C)(C)C. The van der Waals surface area contributed by atoms with Gasteiger partial charge in [0.1, 0.15) is 0 Å². The van der Waals surface area contributed by atoms with Gasteiger partial charge in [-0.1, -0.05) is 27.7 Å². The van der Waals surface area contributed by atoms with Crippen LogP contribution in [0.25, 0.3) is 0 Å². The van der Waals surface area contributed by atoms with Crippen LogP contribution in [-0.4, -0.2) is 10.00 Å². The summed E-state index contributed by atoms with van der Waals surface area (Å²) in [6.45, 7) is 12.6. The molecule has 0 aliphatic rings. The molecule has 1 radical (unpaired) electrons. The van der Waals surface area contributed by atoms with E-state index in [4.69, 9.17) is 0 Å². The Kier molecular flexibility index (Phi) is 2.89. The van der Waals surface area contributed by atoms with Crippen molar-refractivity contribution in [1.82, 2.24) is 0 Å². The van der Waals surface area contributed by atoms with Crippen molar-refractivity contribution >= 4 is 11.8 Å². The van der Waals surface area contributed by atoms with Crippen molar-refractivity contribution in [3.8, 4) is 0 Å². The van der Waals surface area contributed by atoms with Gasteiger partial charge in [-0.15, -0.1) is 0 Å². The minimum Gasteiger partial charge on any atom is -0.153 e. The van der Waals surface area contributed by atoms with E-state index >= 15 is 0 Å². The Hall–Kier alpha value is 0.350. The molecule has 0 N–H and O–H groups in total. The third-order valence-electron chi connectivity index (χ3n) is 0.555. The molecule has 0 aliphatic heterocycles. The quantitative estimate of drug-likeness (QED) is 0.527. The van der Waals surface area contributed by atoms with Gasteiger partial charge in [-0.05, 0) is 6.92 Å². The molecule has 0 aromatic rings. The summed E-state index contributed by atoms with van der Waals surface area (Å²) in [6, 6.07) is 0. The Bertz CT molecular complexity index is 59.3. The number of rotatable bonds is 1. The second kappa shape index (κ2) is 2.77. The number of hydrogen-bond donors (Lipinski definition) is 0. The highest BCUT2D eigenvalue weighted by Gasteiger charge is 2.11. The molecule has 1 atom stereocenters. The predicted octanol–water partition coefficient (Wildman–Crippen LogP) is 2.74. The van der Waals surface area contributed by atoms with E-state index in [-0.39, 0.29) is 0 Å². The summed E-state index contributed by atoms with van der Waals surface area (Å²) >= 11 is 1.90. The van der Waals surface area contributed by atoms with E-state index in [9.17, 15) is 0 Å². The first-order chi connectivity index (χ1) is 3.42. The third-order valence-corrected chi connectivity index (χ3v) is 1.66. The van der Waals surface area contributed by atoms with Crippen molar-refractivity contribution in [3.05, 3.63) is 6.92 Å². The van der Waals surface area contributed by atoms with Gasteiger partial charge in [0.05, 0.1) is 0 Å². The first-order valence-corrected chi connectivity index (χ1v) is 3.81. The molecule has 1 heteroatoms. The maximum atomic E-state index is 3.89. The van der Waals surface area contributed by atoms with Gasteiger partial charge in [0, 0.05) is 10.00 Å². The van der Waals surface area contributed by atoms with Crippen molar-refractivity contribution in [1.29, 1.82) is 0 Å². The van der Waals surface area contributed by atoms with Crippen molar-refractivity contribution in [2.45, 2.75) is 37.7 Å². The zero-order valence-electron chi connectivity index (χ0n) is 6.19. The van der Waals surface area contributed by atoms with E-state index in [1.807, 2.05) is 11.8 Å². The smallest absolute Gasteiger partial charge is 0.00777 e. The summed E-state index contributed by atoms with van der Waals surface area (Å²) in [5.74, 6) is 0. The Morgan fingerprint density at radius 1 is 1.38 bits per heavy atom. The molecule has 8 heavy (non-hydrogen) atoms. The summed E-state index contributed by atoms with van der Waals surface area (Å²) in [4.78, 5) is 0. The molecule has 0 saturated carbocycles. The topological polar surface area (TPSA) is 0 Å². The second-order valence-electron chi connectivity index (χ2n) is 3.04. The van der Waals surface area contributed by atoms with Crippen LogP contribution in [0.15, 0.2) is 0 Å². The van der Waals surface area contributed by atoms with Crippen molar-refractivity contribution in [2.75, 3.05) is 0 Å². The molecule has 1 unspecified atom stereocenters. The molecule has 0 spiro atoms. The lowest BCUT2D eigenvalue weighted by Crippen LogP contribution is -2.11. The first kappa shape index (κ1) is 8.35. The molecule has 0 amide bonds. The molecule has 0 aliphatic carbocycles. The average molecular weight is 131 g/mol. The Morgan fingerprint density at radius 2 is 1.75 bits per heavy atom. The van der Waals surface area contributed by atoms with Gasteiger partial charge in [0.15, 0.2) is 0 Å². The van der Waals surface area contributed by atoms with E-state index in [0.29, 0.717) is 10.00 Å². The van der Waals surface area contributed by atoms with E-state index < -0.39 is 0 Å². The predicted molar refractivity (Wildman–Crippen MR) is 42.2 cm³/mol. The largest absolute Gasteiger partial charge is 0.153 e.